The van der Waals surface area contributed by atoms with Crippen LogP contribution < -0.4 is 5.32 Å². The van der Waals surface area contributed by atoms with Gasteiger partial charge in [0.1, 0.15) is 5.82 Å². The van der Waals surface area contributed by atoms with Gasteiger partial charge in [0, 0.05) is 19.2 Å². The molecule has 0 bridgehead atoms. The quantitative estimate of drug-likeness (QED) is 0.752. The maximum atomic E-state index is 10.7. The first-order valence-electron chi connectivity index (χ1n) is 4.49. The molecule has 0 aromatic carbocycles. The Bertz CT molecular complexity index is 417. The lowest BCUT2D eigenvalue weighted by Crippen LogP contribution is -2.07. The van der Waals surface area contributed by atoms with Gasteiger partial charge in [0.25, 0.3) is 10.1 Å². The fourth-order valence-electron chi connectivity index (χ4n) is 1.06. The number of aromatic nitrogens is 1. The summed E-state index contributed by atoms with van der Waals surface area (Å²) in [5.74, 6) is 0.756. The Labute approximate surface area is 89.6 Å². The van der Waals surface area contributed by atoms with Crippen molar-refractivity contribution in [1.29, 1.82) is 0 Å². The van der Waals surface area contributed by atoms with Crippen LogP contribution in [-0.2, 0) is 20.7 Å². The van der Waals surface area contributed by atoms with Crippen molar-refractivity contribution < 1.29 is 12.6 Å². The van der Waals surface area contributed by atoms with Crippen molar-refractivity contribution in [2.45, 2.75) is 6.42 Å². The molecule has 0 spiro atoms. The highest BCUT2D eigenvalue weighted by Gasteiger charge is 2.02. The molecule has 0 saturated carbocycles. The van der Waals surface area contributed by atoms with E-state index in [1.165, 1.54) is 0 Å². The monoisotopic (exact) mass is 230 g/mol. The molecule has 0 saturated heterocycles. The maximum absolute atomic E-state index is 10.7. The topological polar surface area (TPSA) is 68.3 Å². The van der Waals surface area contributed by atoms with Crippen molar-refractivity contribution >= 4 is 15.9 Å². The normalized spacial score (nSPS) is 11.3. The highest BCUT2D eigenvalue weighted by atomic mass is 32.2. The summed E-state index contributed by atoms with van der Waals surface area (Å²) in [4.78, 5) is 4.22. The Morgan fingerprint density at radius 3 is 2.80 bits per heavy atom. The van der Waals surface area contributed by atoms with Crippen molar-refractivity contribution in [3.8, 4) is 0 Å². The van der Waals surface area contributed by atoms with Gasteiger partial charge in [-0.05, 0) is 12.1 Å². The minimum Gasteiger partial charge on any atom is -0.373 e. The summed E-state index contributed by atoms with van der Waals surface area (Å²) in [6.45, 7) is 0.124. The lowest BCUT2D eigenvalue weighted by atomic mass is 10.3. The first-order chi connectivity index (χ1) is 7.01. The molecule has 0 aliphatic rings. The minimum atomic E-state index is -3.35. The molecule has 1 rings (SSSR count). The molecular weight excluding hydrogens is 216 g/mol. The summed E-state index contributed by atoms with van der Waals surface area (Å²) in [5, 5.41) is 2.90. The van der Waals surface area contributed by atoms with Gasteiger partial charge in [-0.15, -0.1) is 0 Å². The zero-order valence-electron chi connectivity index (χ0n) is 8.73. The van der Waals surface area contributed by atoms with Crippen LogP contribution in [0.1, 0.15) is 5.69 Å². The highest BCUT2D eigenvalue weighted by molar-refractivity contribution is 7.85. The SMILES string of the molecule is CNc1cccc(CCOS(C)(=O)=O)n1. The lowest BCUT2D eigenvalue weighted by molar-refractivity contribution is 0.324. The van der Waals surface area contributed by atoms with E-state index in [4.69, 9.17) is 0 Å². The molecule has 84 valence electrons. The van der Waals surface area contributed by atoms with E-state index in [1.807, 2.05) is 18.2 Å². The van der Waals surface area contributed by atoms with Crippen LogP contribution in [0.25, 0.3) is 0 Å². The van der Waals surface area contributed by atoms with Gasteiger partial charge in [-0.3, -0.25) is 4.18 Å². The molecule has 1 aromatic heterocycles. The van der Waals surface area contributed by atoms with Gasteiger partial charge >= 0.3 is 0 Å². The maximum Gasteiger partial charge on any atom is 0.264 e. The Balaban J connectivity index is 2.51. The molecule has 0 unspecified atom stereocenters. The van der Waals surface area contributed by atoms with Crippen molar-refractivity contribution in [1.82, 2.24) is 4.98 Å². The molecule has 6 heteroatoms. The number of rotatable bonds is 5. The van der Waals surface area contributed by atoms with Crippen LogP contribution in [0.15, 0.2) is 18.2 Å². The fraction of sp³-hybridized carbons (Fsp3) is 0.444. The van der Waals surface area contributed by atoms with Gasteiger partial charge in [-0.1, -0.05) is 6.07 Å². The third-order valence-corrected chi connectivity index (χ3v) is 2.31. The molecule has 0 atom stereocenters. The van der Waals surface area contributed by atoms with E-state index in [-0.39, 0.29) is 6.61 Å². The molecule has 0 radical (unpaired) electrons. The van der Waals surface area contributed by atoms with Crippen LogP contribution in [0.3, 0.4) is 0 Å². The summed E-state index contributed by atoms with van der Waals surface area (Å²) in [6.07, 6.45) is 1.51. The van der Waals surface area contributed by atoms with Crippen LogP contribution in [0.4, 0.5) is 5.82 Å². The van der Waals surface area contributed by atoms with Gasteiger partial charge in [0.05, 0.1) is 12.9 Å². The standard InChI is InChI=1S/C9H14N2O3S/c1-10-9-5-3-4-8(11-9)6-7-14-15(2,12)13/h3-5H,6-7H2,1-2H3,(H,10,11). The van der Waals surface area contributed by atoms with Gasteiger partial charge in [0.2, 0.25) is 0 Å². The molecule has 0 aliphatic heterocycles. The molecular formula is C9H14N2O3S. The Morgan fingerprint density at radius 2 is 2.20 bits per heavy atom. The number of hydrogen-bond acceptors (Lipinski definition) is 5. The predicted molar refractivity (Wildman–Crippen MR) is 58.3 cm³/mol. The fourth-order valence-corrected chi connectivity index (χ4v) is 1.44. The van der Waals surface area contributed by atoms with Crippen LogP contribution in [-0.4, -0.2) is 33.3 Å². The van der Waals surface area contributed by atoms with Gasteiger partial charge in [0.15, 0.2) is 0 Å². The van der Waals surface area contributed by atoms with E-state index >= 15 is 0 Å². The Morgan fingerprint density at radius 1 is 1.47 bits per heavy atom. The molecule has 1 aromatic rings. The average Bonchev–Trinajstić information content (AvgIpc) is 2.16. The number of pyridine rings is 1. The van der Waals surface area contributed by atoms with Crippen molar-refractivity contribution in [2.75, 3.05) is 25.2 Å². The molecule has 0 fully saturated rings. The van der Waals surface area contributed by atoms with Crippen molar-refractivity contribution in [2.24, 2.45) is 0 Å². The Hall–Kier alpha value is -1.14. The molecule has 0 aliphatic carbocycles. The second-order valence-corrected chi connectivity index (χ2v) is 4.68. The van der Waals surface area contributed by atoms with E-state index in [2.05, 4.69) is 14.5 Å². The van der Waals surface area contributed by atoms with Crippen LogP contribution in [0, 0.1) is 0 Å². The first kappa shape index (κ1) is 11.9. The van der Waals surface area contributed by atoms with E-state index < -0.39 is 10.1 Å². The van der Waals surface area contributed by atoms with Crippen LogP contribution >= 0.6 is 0 Å². The van der Waals surface area contributed by atoms with E-state index in [9.17, 15) is 8.42 Å². The molecule has 1 heterocycles. The minimum absolute atomic E-state index is 0.124. The highest BCUT2D eigenvalue weighted by Crippen LogP contribution is 2.04. The summed E-state index contributed by atoms with van der Waals surface area (Å²) in [6, 6.07) is 5.52. The molecule has 5 nitrogen and oxygen atoms in total. The summed E-state index contributed by atoms with van der Waals surface area (Å²) < 4.78 is 26.0. The lowest BCUT2D eigenvalue weighted by Gasteiger charge is -2.03. The largest absolute Gasteiger partial charge is 0.373 e. The molecule has 15 heavy (non-hydrogen) atoms. The van der Waals surface area contributed by atoms with Crippen molar-refractivity contribution in [3.05, 3.63) is 23.9 Å². The third kappa shape index (κ3) is 4.75. The Kier molecular flexibility index (Phi) is 4.05. The number of nitrogens with one attached hydrogen (secondary N) is 1. The molecule has 1 N–H and O–H groups in total. The first-order valence-corrected chi connectivity index (χ1v) is 6.31. The van der Waals surface area contributed by atoms with E-state index in [1.54, 1.807) is 7.05 Å². The number of nitrogens with zero attached hydrogens (tertiary/aromatic N) is 1. The van der Waals surface area contributed by atoms with E-state index in [0.29, 0.717) is 6.42 Å². The van der Waals surface area contributed by atoms with Gasteiger partial charge < -0.3 is 5.32 Å². The number of anilines is 1. The average molecular weight is 230 g/mol. The summed E-state index contributed by atoms with van der Waals surface area (Å²) in [5.41, 5.74) is 0.797. The summed E-state index contributed by atoms with van der Waals surface area (Å²) >= 11 is 0. The molecule has 0 amide bonds. The second-order valence-electron chi connectivity index (χ2n) is 3.04. The van der Waals surface area contributed by atoms with Gasteiger partial charge in [-0.2, -0.15) is 8.42 Å². The van der Waals surface area contributed by atoms with Crippen LogP contribution in [0.5, 0.6) is 0 Å². The zero-order chi connectivity index (χ0) is 11.3. The van der Waals surface area contributed by atoms with E-state index in [0.717, 1.165) is 17.8 Å². The summed E-state index contributed by atoms with van der Waals surface area (Å²) in [7, 11) is -1.58. The second kappa shape index (κ2) is 5.09. The van der Waals surface area contributed by atoms with Crippen LogP contribution in [0.2, 0.25) is 0 Å². The number of hydrogen-bond donors (Lipinski definition) is 1. The predicted octanol–water partition coefficient (Wildman–Crippen LogP) is 0.642. The smallest absolute Gasteiger partial charge is 0.264 e. The van der Waals surface area contributed by atoms with Crippen molar-refractivity contribution in [3.63, 3.8) is 0 Å². The zero-order valence-corrected chi connectivity index (χ0v) is 9.54. The van der Waals surface area contributed by atoms with Gasteiger partial charge in [-0.25, -0.2) is 4.98 Å². The third-order valence-electron chi connectivity index (χ3n) is 1.72.